The van der Waals surface area contributed by atoms with Gasteiger partial charge in [-0.15, -0.1) is 0 Å². The van der Waals surface area contributed by atoms with E-state index in [0.29, 0.717) is 18.3 Å². The van der Waals surface area contributed by atoms with E-state index in [0.717, 1.165) is 23.6 Å². The highest BCUT2D eigenvalue weighted by atomic mass is 19.4. The van der Waals surface area contributed by atoms with Crippen molar-refractivity contribution < 1.29 is 17.9 Å². The van der Waals surface area contributed by atoms with Gasteiger partial charge >= 0.3 is 6.18 Å². The predicted molar refractivity (Wildman–Crippen MR) is 116 cm³/mol. The molecule has 0 spiro atoms. The smallest absolute Gasteiger partial charge is 0.416 e. The molecular formula is C26H33F3O. The van der Waals surface area contributed by atoms with E-state index in [9.17, 15) is 13.2 Å². The Bertz CT molecular complexity index is 741. The summed E-state index contributed by atoms with van der Waals surface area (Å²) in [6.07, 6.45) is 7.76. The fourth-order valence-electron chi connectivity index (χ4n) is 4.44. The van der Waals surface area contributed by atoms with Crippen LogP contribution in [0.3, 0.4) is 0 Å². The van der Waals surface area contributed by atoms with E-state index < -0.39 is 11.7 Å². The molecule has 0 N–H and O–H groups in total. The Labute approximate surface area is 178 Å². The number of halogens is 3. The zero-order chi connectivity index (χ0) is 21.4. The van der Waals surface area contributed by atoms with Crippen LogP contribution in [-0.2, 0) is 12.8 Å². The van der Waals surface area contributed by atoms with Crippen molar-refractivity contribution in [2.24, 2.45) is 5.92 Å². The second kappa shape index (κ2) is 10.9. The molecule has 2 aromatic rings. The fraction of sp³-hybridized carbons (Fsp3) is 0.538. The SMILES string of the molecule is CCCCCC[C@H]1CC[C@H](c2ccc(COc3ccc(C(F)(F)F)cc3)cc2)CC1. The third-order valence-electron chi connectivity index (χ3n) is 6.35. The quantitative estimate of drug-likeness (QED) is 0.371. The van der Waals surface area contributed by atoms with Crippen molar-refractivity contribution in [1.29, 1.82) is 0 Å². The van der Waals surface area contributed by atoms with Gasteiger partial charge in [-0.05, 0) is 72.9 Å². The van der Waals surface area contributed by atoms with E-state index in [1.807, 2.05) is 0 Å². The lowest BCUT2D eigenvalue weighted by atomic mass is 9.77. The Hall–Kier alpha value is -1.97. The highest BCUT2D eigenvalue weighted by Gasteiger charge is 2.30. The van der Waals surface area contributed by atoms with Gasteiger partial charge in [-0.3, -0.25) is 0 Å². The van der Waals surface area contributed by atoms with Crippen molar-refractivity contribution in [2.45, 2.75) is 83.4 Å². The van der Waals surface area contributed by atoms with Gasteiger partial charge in [0.05, 0.1) is 5.56 Å². The Morgan fingerprint density at radius 3 is 2.10 bits per heavy atom. The lowest BCUT2D eigenvalue weighted by Crippen LogP contribution is -2.13. The summed E-state index contributed by atoms with van der Waals surface area (Å²) in [7, 11) is 0. The lowest BCUT2D eigenvalue weighted by molar-refractivity contribution is -0.137. The zero-order valence-corrected chi connectivity index (χ0v) is 17.9. The van der Waals surface area contributed by atoms with Crippen molar-refractivity contribution >= 4 is 0 Å². The fourth-order valence-corrected chi connectivity index (χ4v) is 4.44. The van der Waals surface area contributed by atoms with E-state index in [1.54, 1.807) is 0 Å². The zero-order valence-electron chi connectivity index (χ0n) is 17.9. The normalized spacial score (nSPS) is 19.6. The molecule has 1 saturated carbocycles. The highest BCUT2D eigenvalue weighted by molar-refractivity contribution is 5.30. The summed E-state index contributed by atoms with van der Waals surface area (Å²) in [5.41, 5.74) is 1.77. The summed E-state index contributed by atoms with van der Waals surface area (Å²) in [6, 6.07) is 13.4. The molecule has 1 aliphatic carbocycles. The van der Waals surface area contributed by atoms with Crippen LogP contribution in [0.4, 0.5) is 13.2 Å². The first kappa shape index (κ1) is 22.7. The number of unbranched alkanes of at least 4 members (excludes halogenated alkanes) is 3. The Kier molecular flexibility index (Phi) is 8.24. The maximum Gasteiger partial charge on any atom is 0.416 e. The van der Waals surface area contributed by atoms with Gasteiger partial charge in [0, 0.05) is 0 Å². The largest absolute Gasteiger partial charge is 0.489 e. The Balaban J connectivity index is 1.43. The van der Waals surface area contributed by atoms with Gasteiger partial charge in [0.1, 0.15) is 12.4 Å². The molecular weight excluding hydrogens is 385 g/mol. The summed E-state index contributed by atoms with van der Waals surface area (Å²) >= 11 is 0. The number of hydrogen-bond donors (Lipinski definition) is 0. The van der Waals surface area contributed by atoms with Gasteiger partial charge in [0.2, 0.25) is 0 Å². The number of hydrogen-bond acceptors (Lipinski definition) is 1. The summed E-state index contributed by atoms with van der Waals surface area (Å²) in [5.74, 6) is 2.01. The number of alkyl halides is 3. The summed E-state index contributed by atoms with van der Waals surface area (Å²) in [4.78, 5) is 0. The van der Waals surface area contributed by atoms with Crippen LogP contribution in [0.25, 0.3) is 0 Å². The minimum absolute atomic E-state index is 0.357. The van der Waals surface area contributed by atoms with E-state index in [2.05, 4.69) is 31.2 Å². The van der Waals surface area contributed by atoms with Gasteiger partial charge in [-0.25, -0.2) is 0 Å². The van der Waals surface area contributed by atoms with Crippen LogP contribution in [0.5, 0.6) is 5.75 Å². The molecule has 0 bridgehead atoms. The van der Waals surface area contributed by atoms with Gasteiger partial charge in [0.15, 0.2) is 0 Å². The van der Waals surface area contributed by atoms with E-state index in [4.69, 9.17) is 4.74 Å². The van der Waals surface area contributed by atoms with Crippen LogP contribution >= 0.6 is 0 Å². The monoisotopic (exact) mass is 418 g/mol. The van der Waals surface area contributed by atoms with Gasteiger partial charge < -0.3 is 4.74 Å². The first-order valence-electron chi connectivity index (χ1n) is 11.3. The van der Waals surface area contributed by atoms with Gasteiger partial charge in [-0.2, -0.15) is 13.2 Å². The Morgan fingerprint density at radius 2 is 1.50 bits per heavy atom. The average Bonchev–Trinajstić information content (AvgIpc) is 2.76. The molecule has 0 aromatic heterocycles. The molecule has 0 saturated heterocycles. The molecule has 164 valence electrons. The summed E-state index contributed by atoms with van der Waals surface area (Å²) < 4.78 is 43.5. The third kappa shape index (κ3) is 6.78. The average molecular weight is 419 g/mol. The van der Waals surface area contributed by atoms with Gasteiger partial charge in [0.25, 0.3) is 0 Å². The van der Waals surface area contributed by atoms with Gasteiger partial charge in [-0.1, -0.05) is 63.3 Å². The number of benzene rings is 2. The maximum absolute atomic E-state index is 12.6. The van der Waals surface area contributed by atoms with E-state index >= 15 is 0 Å². The topological polar surface area (TPSA) is 9.23 Å². The molecule has 1 fully saturated rings. The Morgan fingerprint density at radius 1 is 0.833 bits per heavy atom. The first-order valence-corrected chi connectivity index (χ1v) is 11.3. The van der Waals surface area contributed by atoms with Crippen molar-refractivity contribution in [3.8, 4) is 5.75 Å². The second-order valence-electron chi connectivity index (χ2n) is 8.62. The molecule has 0 unspecified atom stereocenters. The molecule has 1 aliphatic rings. The minimum atomic E-state index is -4.32. The van der Waals surface area contributed by atoms with E-state index in [1.165, 1.54) is 75.5 Å². The third-order valence-corrected chi connectivity index (χ3v) is 6.35. The highest BCUT2D eigenvalue weighted by Crippen LogP contribution is 2.38. The molecule has 0 heterocycles. The summed E-state index contributed by atoms with van der Waals surface area (Å²) in [5, 5.41) is 0. The van der Waals surface area contributed by atoms with Crippen LogP contribution in [0, 0.1) is 5.92 Å². The lowest BCUT2D eigenvalue weighted by Gasteiger charge is -2.29. The molecule has 2 aromatic carbocycles. The van der Waals surface area contributed by atoms with Crippen LogP contribution in [0.1, 0.15) is 87.3 Å². The van der Waals surface area contributed by atoms with Crippen LogP contribution < -0.4 is 4.74 Å². The van der Waals surface area contributed by atoms with Crippen molar-refractivity contribution in [3.05, 3.63) is 65.2 Å². The predicted octanol–water partition coefficient (Wildman–Crippen LogP) is 8.53. The molecule has 0 aliphatic heterocycles. The molecule has 0 amide bonds. The molecule has 4 heteroatoms. The maximum atomic E-state index is 12.6. The molecule has 3 rings (SSSR count). The number of ether oxygens (including phenoxy) is 1. The number of rotatable bonds is 9. The van der Waals surface area contributed by atoms with Crippen molar-refractivity contribution in [1.82, 2.24) is 0 Å². The van der Waals surface area contributed by atoms with Crippen molar-refractivity contribution in [3.63, 3.8) is 0 Å². The summed E-state index contributed by atoms with van der Waals surface area (Å²) in [6.45, 7) is 2.62. The minimum Gasteiger partial charge on any atom is -0.489 e. The molecule has 0 radical (unpaired) electrons. The molecule has 1 nitrogen and oxygen atoms in total. The second-order valence-corrected chi connectivity index (χ2v) is 8.62. The van der Waals surface area contributed by atoms with E-state index in [-0.39, 0.29) is 0 Å². The molecule has 0 atom stereocenters. The van der Waals surface area contributed by atoms with Crippen molar-refractivity contribution in [2.75, 3.05) is 0 Å². The first-order chi connectivity index (χ1) is 14.5. The van der Waals surface area contributed by atoms with Crippen LogP contribution in [0.2, 0.25) is 0 Å². The standard InChI is InChI=1S/C26H33F3O/c1-2-3-4-5-6-20-7-11-22(12-8-20)23-13-9-21(10-14-23)19-30-25-17-15-24(16-18-25)26(27,28)29/h9-10,13-18,20,22H,2-8,11-12,19H2,1H3/t20-,22-. The van der Waals surface area contributed by atoms with Crippen LogP contribution in [-0.4, -0.2) is 0 Å². The van der Waals surface area contributed by atoms with Crippen LogP contribution in [0.15, 0.2) is 48.5 Å². The molecule has 30 heavy (non-hydrogen) atoms.